The summed E-state index contributed by atoms with van der Waals surface area (Å²) in [5, 5.41) is 7.97. The molecule has 0 unspecified atom stereocenters. The Morgan fingerprint density at radius 1 is 0.815 bits per heavy atom. The molecule has 4 heteroatoms. The highest BCUT2D eigenvalue weighted by molar-refractivity contribution is 6.42. The van der Waals surface area contributed by atoms with Crippen molar-refractivity contribution < 1.29 is 0 Å². The maximum Gasteiger partial charge on any atom is 0.0831 e. The van der Waals surface area contributed by atoms with Crippen LogP contribution >= 0.6 is 23.2 Å². The van der Waals surface area contributed by atoms with Gasteiger partial charge in [-0.2, -0.15) is 5.10 Å². The molecule has 0 radical (unpaired) electrons. The van der Waals surface area contributed by atoms with Crippen molar-refractivity contribution in [2.45, 2.75) is 12.5 Å². The maximum absolute atomic E-state index is 6.24. The van der Waals surface area contributed by atoms with E-state index in [0.717, 1.165) is 23.4 Å². The number of halogens is 2. The van der Waals surface area contributed by atoms with E-state index in [-0.39, 0.29) is 6.04 Å². The number of hydrogen-bond donors (Lipinski definition) is 0. The Bertz CT molecular complexity index is 982. The summed E-state index contributed by atoms with van der Waals surface area (Å²) >= 11 is 12.3. The molecule has 0 saturated heterocycles. The first kappa shape index (κ1) is 17.8. The summed E-state index contributed by atoms with van der Waals surface area (Å²) in [5.41, 5.74) is 4.33. The Morgan fingerprint density at radius 3 is 2.22 bits per heavy atom. The Labute approximate surface area is 169 Å². The number of allylic oxidation sites excluding steroid dienone is 1. The normalized spacial score (nSPS) is 16.7. The van der Waals surface area contributed by atoms with Gasteiger partial charge >= 0.3 is 0 Å². The van der Waals surface area contributed by atoms with E-state index in [1.807, 2.05) is 47.5 Å². The molecule has 1 aliphatic heterocycles. The summed E-state index contributed by atoms with van der Waals surface area (Å²) in [6, 6.07) is 26.4. The van der Waals surface area contributed by atoms with E-state index in [0.29, 0.717) is 10.0 Å². The van der Waals surface area contributed by atoms with Gasteiger partial charge in [-0.3, -0.25) is 5.01 Å². The molecule has 1 heterocycles. The Morgan fingerprint density at radius 2 is 1.52 bits per heavy atom. The highest BCUT2D eigenvalue weighted by Gasteiger charge is 2.28. The zero-order valence-electron chi connectivity index (χ0n) is 14.6. The van der Waals surface area contributed by atoms with Gasteiger partial charge in [0.25, 0.3) is 0 Å². The number of nitrogens with zero attached hydrogens (tertiary/aromatic N) is 2. The number of anilines is 1. The van der Waals surface area contributed by atoms with E-state index in [2.05, 4.69) is 48.6 Å². The lowest BCUT2D eigenvalue weighted by Gasteiger charge is -2.24. The van der Waals surface area contributed by atoms with Crippen molar-refractivity contribution in [3.8, 4) is 0 Å². The summed E-state index contributed by atoms with van der Waals surface area (Å²) in [6.45, 7) is 0. The molecule has 0 saturated carbocycles. The second-order valence-electron chi connectivity index (χ2n) is 6.41. The second kappa shape index (κ2) is 7.99. The Hall–Kier alpha value is -2.55. The molecule has 0 aromatic heterocycles. The van der Waals surface area contributed by atoms with Gasteiger partial charge in [0, 0.05) is 6.42 Å². The van der Waals surface area contributed by atoms with E-state index in [4.69, 9.17) is 28.3 Å². The van der Waals surface area contributed by atoms with Crippen LogP contribution in [0.25, 0.3) is 6.08 Å². The van der Waals surface area contributed by atoms with Gasteiger partial charge in [-0.1, -0.05) is 89.9 Å². The highest BCUT2D eigenvalue weighted by Crippen LogP contribution is 2.37. The summed E-state index contributed by atoms with van der Waals surface area (Å²) in [7, 11) is 0. The lowest BCUT2D eigenvalue weighted by atomic mass is 10.0. The van der Waals surface area contributed by atoms with Crippen LogP contribution in [0.5, 0.6) is 0 Å². The largest absolute Gasteiger partial charge is 0.257 e. The maximum atomic E-state index is 6.24. The van der Waals surface area contributed by atoms with Crippen LogP contribution in [0.4, 0.5) is 5.69 Å². The first-order chi connectivity index (χ1) is 13.2. The minimum absolute atomic E-state index is 0.124. The number of hydrazone groups is 1. The lowest BCUT2D eigenvalue weighted by Crippen LogP contribution is -2.18. The van der Waals surface area contributed by atoms with Gasteiger partial charge in [-0.25, -0.2) is 0 Å². The standard InChI is InChI=1S/C23H18Cl2N2/c24-21-14-13-20(16-22(21)25)27-23(18-9-5-2-6-10-18)15-19(26-27)12-11-17-7-3-1-4-8-17/h1-14,16,23H,15H2/b12-11-/t23-/m1/s1. The van der Waals surface area contributed by atoms with Crippen LogP contribution in [0.15, 0.2) is 90.0 Å². The second-order valence-corrected chi connectivity index (χ2v) is 7.22. The van der Waals surface area contributed by atoms with Crippen LogP contribution in [0.1, 0.15) is 23.6 Å². The van der Waals surface area contributed by atoms with Crippen molar-refractivity contribution in [1.29, 1.82) is 0 Å². The van der Waals surface area contributed by atoms with Gasteiger partial charge in [0.2, 0.25) is 0 Å². The monoisotopic (exact) mass is 392 g/mol. The summed E-state index contributed by atoms with van der Waals surface area (Å²) in [5.74, 6) is 0. The Kier molecular flexibility index (Phi) is 5.28. The molecule has 1 atom stereocenters. The molecule has 4 rings (SSSR count). The van der Waals surface area contributed by atoms with Gasteiger partial charge in [0.05, 0.1) is 27.5 Å². The zero-order chi connectivity index (χ0) is 18.6. The molecular weight excluding hydrogens is 375 g/mol. The van der Waals surface area contributed by atoms with Gasteiger partial charge in [-0.05, 0) is 35.4 Å². The minimum Gasteiger partial charge on any atom is -0.257 e. The van der Waals surface area contributed by atoms with Gasteiger partial charge in [0.15, 0.2) is 0 Å². The fourth-order valence-corrected chi connectivity index (χ4v) is 3.48. The average molecular weight is 393 g/mol. The molecule has 3 aromatic rings. The van der Waals surface area contributed by atoms with Gasteiger partial charge < -0.3 is 0 Å². The first-order valence-corrected chi connectivity index (χ1v) is 9.56. The van der Waals surface area contributed by atoms with E-state index in [1.54, 1.807) is 0 Å². The van der Waals surface area contributed by atoms with Crippen molar-refractivity contribution in [3.05, 3.63) is 106 Å². The lowest BCUT2D eigenvalue weighted by molar-refractivity contribution is 0.709. The zero-order valence-corrected chi connectivity index (χ0v) is 16.1. The molecule has 0 N–H and O–H groups in total. The highest BCUT2D eigenvalue weighted by atomic mass is 35.5. The third-order valence-electron chi connectivity index (χ3n) is 4.55. The van der Waals surface area contributed by atoms with Crippen molar-refractivity contribution >= 4 is 40.7 Å². The van der Waals surface area contributed by atoms with Crippen LogP contribution in [0, 0.1) is 0 Å². The fourth-order valence-electron chi connectivity index (χ4n) is 3.19. The van der Waals surface area contributed by atoms with Crippen molar-refractivity contribution in [2.75, 3.05) is 5.01 Å². The predicted octanol–water partition coefficient (Wildman–Crippen LogP) is 7.01. The molecule has 1 aliphatic rings. The van der Waals surface area contributed by atoms with Crippen LogP contribution in [-0.4, -0.2) is 5.71 Å². The van der Waals surface area contributed by atoms with E-state index in [1.165, 1.54) is 5.56 Å². The first-order valence-electron chi connectivity index (χ1n) is 8.80. The van der Waals surface area contributed by atoms with Crippen molar-refractivity contribution in [2.24, 2.45) is 5.10 Å². The van der Waals surface area contributed by atoms with E-state index < -0.39 is 0 Å². The fraction of sp³-hybridized carbons (Fsp3) is 0.0870. The smallest absolute Gasteiger partial charge is 0.0831 e. The van der Waals surface area contributed by atoms with Gasteiger partial charge in [-0.15, -0.1) is 0 Å². The van der Waals surface area contributed by atoms with Crippen LogP contribution < -0.4 is 5.01 Å². The molecule has 0 amide bonds. The molecule has 0 fully saturated rings. The molecule has 134 valence electrons. The molecule has 0 aliphatic carbocycles. The van der Waals surface area contributed by atoms with Crippen LogP contribution in [0.2, 0.25) is 10.0 Å². The number of benzene rings is 3. The third-order valence-corrected chi connectivity index (χ3v) is 5.29. The average Bonchev–Trinajstić information content (AvgIpc) is 3.14. The van der Waals surface area contributed by atoms with Crippen molar-refractivity contribution in [3.63, 3.8) is 0 Å². The van der Waals surface area contributed by atoms with E-state index in [9.17, 15) is 0 Å². The summed E-state index contributed by atoms with van der Waals surface area (Å²) < 4.78 is 0. The number of rotatable bonds is 4. The molecule has 3 aromatic carbocycles. The minimum atomic E-state index is 0.124. The summed E-state index contributed by atoms with van der Waals surface area (Å²) in [6.07, 6.45) is 5.01. The third kappa shape index (κ3) is 4.08. The SMILES string of the molecule is Clc1ccc(N2N=C(/C=C\c3ccccc3)C[C@@H]2c2ccccc2)cc1Cl. The molecule has 0 bridgehead atoms. The van der Waals surface area contributed by atoms with Crippen LogP contribution in [0.3, 0.4) is 0 Å². The number of hydrogen-bond acceptors (Lipinski definition) is 2. The molecule has 0 spiro atoms. The Balaban J connectivity index is 1.67. The summed E-state index contributed by atoms with van der Waals surface area (Å²) in [4.78, 5) is 0. The van der Waals surface area contributed by atoms with Crippen molar-refractivity contribution in [1.82, 2.24) is 0 Å². The van der Waals surface area contributed by atoms with Crippen LogP contribution in [-0.2, 0) is 0 Å². The topological polar surface area (TPSA) is 15.6 Å². The van der Waals surface area contributed by atoms with Gasteiger partial charge in [0.1, 0.15) is 0 Å². The molecule has 2 nitrogen and oxygen atoms in total. The predicted molar refractivity (Wildman–Crippen MR) is 116 cm³/mol. The van der Waals surface area contributed by atoms with E-state index >= 15 is 0 Å². The quantitative estimate of drug-likeness (QED) is 0.465. The molecular formula is C23H18Cl2N2. The molecule has 27 heavy (non-hydrogen) atoms.